The fourth-order valence-corrected chi connectivity index (χ4v) is 3.85. The van der Waals surface area contributed by atoms with E-state index in [9.17, 15) is 4.79 Å². The third-order valence-electron chi connectivity index (χ3n) is 3.14. The smallest absolute Gasteiger partial charge is 0.238 e. The molecule has 20 heavy (non-hydrogen) atoms. The molecular weight excluding hydrogens is 313 g/mol. The molecule has 2 nitrogen and oxygen atoms in total. The second-order valence-electron chi connectivity index (χ2n) is 4.43. The molecule has 1 saturated heterocycles. The molecule has 0 unspecified atom stereocenters. The van der Waals surface area contributed by atoms with E-state index in [0.29, 0.717) is 15.8 Å². The lowest BCUT2D eigenvalue weighted by Crippen LogP contribution is -2.27. The van der Waals surface area contributed by atoms with Crippen LogP contribution in [-0.4, -0.2) is 11.7 Å². The van der Waals surface area contributed by atoms with E-state index in [2.05, 4.69) is 0 Å². The zero-order valence-electron chi connectivity index (χ0n) is 10.4. The maximum absolute atomic E-state index is 12.2. The van der Waals surface area contributed by atoms with Gasteiger partial charge in [-0.1, -0.05) is 41.4 Å². The summed E-state index contributed by atoms with van der Waals surface area (Å²) >= 11 is 13.7. The number of rotatable bonds is 2. The monoisotopic (exact) mass is 323 g/mol. The van der Waals surface area contributed by atoms with Gasteiger partial charge in [-0.25, -0.2) is 0 Å². The second kappa shape index (κ2) is 5.68. The molecule has 0 bridgehead atoms. The molecule has 1 aliphatic rings. The van der Waals surface area contributed by atoms with Crippen LogP contribution in [0, 0.1) is 0 Å². The first-order valence-electron chi connectivity index (χ1n) is 6.10. The summed E-state index contributed by atoms with van der Waals surface area (Å²) in [7, 11) is 0. The van der Waals surface area contributed by atoms with Gasteiger partial charge in [0, 0.05) is 21.3 Å². The highest BCUT2D eigenvalue weighted by atomic mass is 35.5. The lowest BCUT2D eigenvalue weighted by atomic mass is 10.2. The van der Waals surface area contributed by atoms with Crippen LogP contribution in [0.15, 0.2) is 48.5 Å². The zero-order valence-corrected chi connectivity index (χ0v) is 12.8. The van der Waals surface area contributed by atoms with Crippen LogP contribution in [0.4, 0.5) is 5.69 Å². The molecular formula is C15H11Cl2NOS. The third kappa shape index (κ3) is 2.53. The number of amides is 1. The van der Waals surface area contributed by atoms with Gasteiger partial charge in [0.15, 0.2) is 0 Å². The molecule has 102 valence electrons. The Morgan fingerprint density at radius 1 is 1.05 bits per heavy atom. The SMILES string of the molecule is O=C1CS[C@@H](c2ccccc2Cl)N1c1ccc(Cl)cc1. The number of halogens is 2. The summed E-state index contributed by atoms with van der Waals surface area (Å²) in [5, 5.41) is 1.25. The van der Waals surface area contributed by atoms with Crippen molar-refractivity contribution in [2.75, 3.05) is 10.7 Å². The van der Waals surface area contributed by atoms with Crippen LogP contribution in [0.25, 0.3) is 0 Å². The highest BCUT2D eigenvalue weighted by Gasteiger charge is 2.34. The van der Waals surface area contributed by atoms with Crippen molar-refractivity contribution in [2.24, 2.45) is 0 Å². The van der Waals surface area contributed by atoms with Crippen LogP contribution in [0.5, 0.6) is 0 Å². The summed E-state index contributed by atoms with van der Waals surface area (Å²) in [6.45, 7) is 0. The number of nitrogens with zero attached hydrogens (tertiary/aromatic N) is 1. The van der Waals surface area contributed by atoms with E-state index in [0.717, 1.165) is 11.3 Å². The van der Waals surface area contributed by atoms with Crippen LogP contribution in [0.3, 0.4) is 0 Å². The molecule has 1 atom stereocenters. The van der Waals surface area contributed by atoms with Gasteiger partial charge < -0.3 is 0 Å². The van der Waals surface area contributed by atoms with E-state index < -0.39 is 0 Å². The Kier molecular flexibility index (Phi) is 3.92. The Bertz CT molecular complexity index is 645. The highest BCUT2D eigenvalue weighted by molar-refractivity contribution is 8.00. The predicted octanol–water partition coefficient (Wildman–Crippen LogP) is 4.77. The fraction of sp³-hybridized carbons (Fsp3) is 0.133. The van der Waals surface area contributed by atoms with Crippen LogP contribution in [0.2, 0.25) is 10.0 Å². The molecule has 1 heterocycles. The van der Waals surface area contributed by atoms with E-state index in [4.69, 9.17) is 23.2 Å². The fourth-order valence-electron chi connectivity index (χ4n) is 2.21. The summed E-state index contributed by atoms with van der Waals surface area (Å²) < 4.78 is 0. The number of benzene rings is 2. The number of hydrogen-bond donors (Lipinski definition) is 0. The molecule has 0 aromatic heterocycles. The van der Waals surface area contributed by atoms with Crippen LogP contribution < -0.4 is 4.90 Å². The molecule has 1 amide bonds. The van der Waals surface area contributed by atoms with E-state index in [1.54, 1.807) is 28.8 Å². The van der Waals surface area contributed by atoms with Gasteiger partial charge in [0.1, 0.15) is 5.37 Å². The van der Waals surface area contributed by atoms with E-state index in [-0.39, 0.29) is 11.3 Å². The van der Waals surface area contributed by atoms with Crippen LogP contribution >= 0.6 is 35.0 Å². The van der Waals surface area contributed by atoms with Crippen LogP contribution in [-0.2, 0) is 4.79 Å². The Morgan fingerprint density at radius 3 is 2.45 bits per heavy atom. The molecule has 0 saturated carbocycles. The number of hydrogen-bond acceptors (Lipinski definition) is 2. The second-order valence-corrected chi connectivity index (χ2v) is 6.34. The largest absolute Gasteiger partial charge is 0.295 e. The van der Waals surface area contributed by atoms with Gasteiger partial charge in [0.2, 0.25) is 5.91 Å². The maximum atomic E-state index is 12.2. The Labute approximate surface area is 131 Å². The molecule has 1 fully saturated rings. The standard InChI is InChI=1S/C15H11Cl2NOS/c16-10-5-7-11(8-6-10)18-14(19)9-20-15(18)12-3-1-2-4-13(12)17/h1-8,15H,9H2/t15-/m0/s1. The van der Waals surface area contributed by atoms with Gasteiger partial charge >= 0.3 is 0 Å². The van der Waals surface area contributed by atoms with Crippen molar-refractivity contribution in [1.82, 2.24) is 0 Å². The first kappa shape index (κ1) is 13.8. The minimum atomic E-state index is -0.0858. The third-order valence-corrected chi connectivity index (χ3v) is 4.93. The molecule has 2 aromatic rings. The summed E-state index contributed by atoms with van der Waals surface area (Å²) in [4.78, 5) is 14.0. The van der Waals surface area contributed by atoms with Gasteiger partial charge in [0.05, 0.1) is 5.75 Å². The Balaban J connectivity index is 2.01. The molecule has 0 spiro atoms. The minimum absolute atomic E-state index is 0.0854. The molecule has 1 aliphatic heterocycles. The lowest BCUT2D eigenvalue weighted by Gasteiger charge is -2.25. The first-order chi connectivity index (χ1) is 9.66. The molecule has 0 radical (unpaired) electrons. The van der Waals surface area contributed by atoms with Gasteiger partial charge in [-0.2, -0.15) is 0 Å². The van der Waals surface area contributed by atoms with Gasteiger partial charge in [-0.3, -0.25) is 9.69 Å². The zero-order chi connectivity index (χ0) is 14.1. The van der Waals surface area contributed by atoms with Crippen molar-refractivity contribution >= 4 is 46.6 Å². The van der Waals surface area contributed by atoms with Crippen LogP contribution in [0.1, 0.15) is 10.9 Å². The van der Waals surface area contributed by atoms with Crippen molar-refractivity contribution < 1.29 is 4.79 Å². The topological polar surface area (TPSA) is 20.3 Å². The van der Waals surface area contributed by atoms with E-state index in [1.807, 2.05) is 36.4 Å². The van der Waals surface area contributed by atoms with Gasteiger partial charge in [-0.15, -0.1) is 11.8 Å². The van der Waals surface area contributed by atoms with E-state index in [1.165, 1.54) is 0 Å². The van der Waals surface area contributed by atoms with Crippen molar-refractivity contribution in [3.63, 3.8) is 0 Å². The molecule has 0 aliphatic carbocycles. The number of carbonyl (C=O) groups is 1. The summed E-state index contributed by atoms with van der Waals surface area (Å²) in [5.74, 6) is 0.542. The predicted molar refractivity (Wildman–Crippen MR) is 85.6 cm³/mol. The number of thioether (sulfide) groups is 1. The normalized spacial score (nSPS) is 18.6. The average Bonchev–Trinajstić information content (AvgIpc) is 2.82. The molecule has 5 heteroatoms. The van der Waals surface area contributed by atoms with Crippen molar-refractivity contribution in [3.05, 3.63) is 64.1 Å². The highest BCUT2D eigenvalue weighted by Crippen LogP contribution is 2.43. The maximum Gasteiger partial charge on any atom is 0.238 e. The van der Waals surface area contributed by atoms with Crippen molar-refractivity contribution in [3.8, 4) is 0 Å². The lowest BCUT2D eigenvalue weighted by molar-refractivity contribution is -0.115. The minimum Gasteiger partial charge on any atom is -0.295 e. The summed E-state index contributed by atoms with van der Waals surface area (Å²) in [5.41, 5.74) is 1.80. The molecule has 3 rings (SSSR count). The summed E-state index contributed by atoms with van der Waals surface area (Å²) in [6, 6.07) is 14.9. The molecule has 0 N–H and O–H groups in total. The molecule has 2 aromatic carbocycles. The quantitative estimate of drug-likeness (QED) is 0.793. The summed E-state index contributed by atoms with van der Waals surface area (Å²) in [6.07, 6.45) is 0. The van der Waals surface area contributed by atoms with Gasteiger partial charge in [0.25, 0.3) is 0 Å². The van der Waals surface area contributed by atoms with Crippen molar-refractivity contribution in [2.45, 2.75) is 5.37 Å². The average molecular weight is 324 g/mol. The van der Waals surface area contributed by atoms with E-state index >= 15 is 0 Å². The Morgan fingerprint density at radius 2 is 1.75 bits per heavy atom. The van der Waals surface area contributed by atoms with Crippen molar-refractivity contribution in [1.29, 1.82) is 0 Å². The number of anilines is 1. The first-order valence-corrected chi connectivity index (χ1v) is 7.91. The Hall–Kier alpha value is -1.16. The van der Waals surface area contributed by atoms with Gasteiger partial charge in [-0.05, 0) is 30.3 Å². The number of carbonyl (C=O) groups excluding carboxylic acids is 1.